The Morgan fingerprint density at radius 3 is 2.67 bits per heavy atom. The molecule has 2 aromatic carbocycles. The molecule has 0 spiro atoms. The van der Waals surface area contributed by atoms with Gasteiger partial charge in [0.2, 0.25) is 0 Å². The number of carbonyl (C=O) groups excluding carboxylic acids is 1. The van der Waals surface area contributed by atoms with Gasteiger partial charge in [0.05, 0.1) is 5.56 Å². The molecule has 2 saturated carbocycles. The van der Waals surface area contributed by atoms with Gasteiger partial charge in [-0.05, 0) is 62.1 Å². The van der Waals surface area contributed by atoms with Crippen LogP contribution in [0.5, 0.6) is 5.75 Å². The Morgan fingerprint density at radius 2 is 1.93 bits per heavy atom. The zero-order valence-electron chi connectivity index (χ0n) is 15.7. The number of rotatable bonds is 6. The Balaban J connectivity index is 1.42. The highest BCUT2D eigenvalue weighted by Gasteiger charge is 2.42. The van der Waals surface area contributed by atoms with Gasteiger partial charge in [0.25, 0.3) is 5.91 Å². The standard InChI is InChI=1S/C23H26ClNO2/c1-15(20-13-16-10-11-17(20)12-16)25-23(26)19-7-3-5-9-22(19)27-14-18-6-2-4-8-21(18)24/h2-9,15-17,20H,10-14H2,1H3,(H,25,26)/t15-,16+,17+,20-/m1/s1. The molecule has 27 heavy (non-hydrogen) atoms. The molecule has 4 atom stereocenters. The third-order valence-electron chi connectivity index (χ3n) is 6.27. The summed E-state index contributed by atoms with van der Waals surface area (Å²) in [4.78, 5) is 12.9. The molecule has 3 nitrogen and oxygen atoms in total. The second-order valence-corrected chi connectivity index (χ2v) is 8.38. The lowest BCUT2D eigenvalue weighted by Gasteiger charge is -2.28. The molecule has 0 saturated heterocycles. The van der Waals surface area contributed by atoms with Gasteiger partial charge in [0.15, 0.2) is 0 Å². The molecule has 0 aliphatic heterocycles. The van der Waals surface area contributed by atoms with Gasteiger partial charge in [-0.1, -0.05) is 48.4 Å². The Labute approximate surface area is 166 Å². The van der Waals surface area contributed by atoms with Crippen LogP contribution in [0.2, 0.25) is 5.02 Å². The van der Waals surface area contributed by atoms with Crippen LogP contribution in [-0.4, -0.2) is 11.9 Å². The summed E-state index contributed by atoms with van der Waals surface area (Å²) in [5, 5.41) is 3.90. The van der Waals surface area contributed by atoms with E-state index in [4.69, 9.17) is 16.3 Å². The van der Waals surface area contributed by atoms with Crippen LogP contribution in [0.25, 0.3) is 0 Å². The van der Waals surface area contributed by atoms with Crippen molar-refractivity contribution >= 4 is 17.5 Å². The van der Waals surface area contributed by atoms with Gasteiger partial charge in [-0.2, -0.15) is 0 Å². The maximum Gasteiger partial charge on any atom is 0.255 e. The monoisotopic (exact) mass is 383 g/mol. The molecule has 0 heterocycles. The van der Waals surface area contributed by atoms with Crippen LogP contribution in [0.3, 0.4) is 0 Å². The molecule has 2 aliphatic rings. The third-order valence-corrected chi connectivity index (χ3v) is 6.64. The van der Waals surface area contributed by atoms with Crippen molar-refractivity contribution in [3.63, 3.8) is 0 Å². The first-order valence-corrected chi connectivity index (χ1v) is 10.3. The molecular weight excluding hydrogens is 358 g/mol. The number of ether oxygens (including phenoxy) is 1. The number of nitrogens with one attached hydrogen (secondary N) is 1. The van der Waals surface area contributed by atoms with Crippen LogP contribution < -0.4 is 10.1 Å². The molecule has 2 aliphatic carbocycles. The smallest absolute Gasteiger partial charge is 0.255 e. The molecule has 0 radical (unpaired) electrons. The maximum absolute atomic E-state index is 12.9. The SMILES string of the molecule is C[C@@H](NC(=O)c1ccccc1OCc1ccccc1Cl)[C@H]1C[C@H]2CC[C@H]1C2. The lowest BCUT2D eigenvalue weighted by atomic mass is 9.84. The van der Waals surface area contributed by atoms with E-state index in [1.54, 1.807) is 0 Å². The van der Waals surface area contributed by atoms with Crippen LogP contribution in [-0.2, 0) is 6.61 Å². The number of amides is 1. The van der Waals surface area contributed by atoms with Crippen molar-refractivity contribution in [1.29, 1.82) is 0 Å². The minimum absolute atomic E-state index is 0.0555. The first-order valence-electron chi connectivity index (χ1n) is 9.88. The summed E-state index contributed by atoms with van der Waals surface area (Å²) in [6, 6.07) is 15.2. The average molecular weight is 384 g/mol. The van der Waals surface area contributed by atoms with E-state index in [9.17, 15) is 4.79 Å². The average Bonchev–Trinajstić information content (AvgIpc) is 3.31. The van der Waals surface area contributed by atoms with Gasteiger partial charge in [-0.3, -0.25) is 4.79 Å². The predicted octanol–water partition coefficient (Wildman–Crippen LogP) is 5.47. The van der Waals surface area contributed by atoms with E-state index in [1.165, 1.54) is 25.7 Å². The summed E-state index contributed by atoms with van der Waals surface area (Å²) in [6.07, 6.45) is 5.31. The van der Waals surface area contributed by atoms with Crippen molar-refractivity contribution < 1.29 is 9.53 Å². The first kappa shape index (κ1) is 18.4. The van der Waals surface area contributed by atoms with Gasteiger partial charge in [0.1, 0.15) is 12.4 Å². The molecule has 4 rings (SSSR count). The summed E-state index contributed by atoms with van der Waals surface area (Å²) in [5.41, 5.74) is 1.49. The topological polar surface area (TPSA) is 38.3 Å². The number of halogens is 1. The van der Waals surface area contributed by atoms with E-state index >= 15 is 0 Å². The van der Waals surface area contributed by atoms with Crippen molar-refractivity contribution in [2.45, 2.75) is 45.3 Å². The van der Waals surface area contributed by atoms with Crippen molar-refractivity contribution in [2.24, 2.45) is 17.8 Å². The van der Waals surface area contributed by atoms with Gasteiger partial charge in [-0.15, -0.1) is 0 Å². The highest BCUT2D eigenvalue weighted by atomic mass is 35.5. The second kappa shape index (κ2) is 7.93. The fourth-order valence-corrected chi connectivity index (χ4v) is 5.04. The molecule has 1 N–H and O–H groups in total. The minimum atomic E-state index is -0.0555. The number of para-hydroxylation sites is 1. The molecule has 142 valence electrons. The molecule has 0 aromatic heterocycles. The lowest BCUT2D eigenvalue weighted by molar-refractivity contribution is 0.0910. The number of benzene rings is 2. The zero-order chi connectivity index (χ0) is 18.8. The van der Waals surface area contributed by atoms with E-state index in [0.717, 1.165) is 17.4 Å². The van der Waals surface area contributed by atoms with Gasteiger partial charge < -0.3 is 10.1 Å². The van der Waals surface area contributed by atoms with E-state index < -0.39 is 0 Å². The molecule has 2 fully saturated rings. The Kier molecular flexibility index (Phi) is 5.40. The van der Waals surface area contributed by atoms with Crippen LogP contribution in [0.1, 0.15) is 48.5 Å². The number of fused-ring (bicyclic) bond motifs is 2. The molecule has 2 aromatic rings. The minimum Gasteiger partial charge on any atom is -0.488 e. The second-order valence-electron chi connectivity index (χ2n) is 7.98. The van der Waals surface area contributed by atoms with Gasteiger partial charge in [-0.25, -0.2) is 0 Å². The summed E-state index contributed by atoms with van der Waals surface area (Å²) in [7, 11) is 0. The molecular formula is C23H26ClNO2. The first-order chi connectivity index (χ1) is 13.1. The van der Waals surface area contributed by atoms with Crippen LogP contribution in [0.15, 0.2) is 48.5 Å². The Bertz CT molecular complexity index is 822. The van der Waals surface area contributed by atoms with Crippen LogP contribution >= 0.6 is 11.6 Å². The van der Waals surface area contributed by atoms with Crippen molar-refractivity contribution in [1.82, 2.24) is 5.32 Å². The predicted molar refractivity (Wildman–Crippen MR) is 108 cm³/mol. The molecule has 0 unspecified atom stereocenters. The maximum atomic E-state index is 12.9. The molecule has 2 bridgehead atoms. The van der Waals surface area contributed by atoms with Crippen molar-refractivity contribution in [2.75, 3.05) is 0 Å². The Hall–Kier alpha value is -2.00. The fourth-order valence-electron chi connectivity index (χ4n) is 4.85. The largest absolute Gasteiger partial charge is 0.488 e. The normalized spacial score (nSPS) is 24.6. The number of carbonyl (C=O) groups is 1. The van der Waals surface area contributed by atoms with Crippen LogP contribution in [0.4, 0.5) is 0 Å². The van der Waals surface area contributed by atoms with Crippen LogP contribution in [0, 0.1) is 17.8 Å². The van der Waals surface area contributed by atoms with E-state index in [0.29, 0.717) is 28.9 Å². The van der Waals surface area contributed by atoms with Gasteiger partial charge in [0, 0.05) is 16.6 Å². The fraction of sp³-hybridized carbons (Fsp3) is 0.435. The summed E-state index contributed by atoms with van der Waals surface area (Å²) >= 11 is 6.21. The van der Waals surface area contributed by atoms with Crippen molar-refractivity contribution in [3.8, 4) is 5.75 Å². The Morgan fingerprint density at radius 1 is 1.15 bits per heavy atom. The van der Waals surface area contributed by atoms with E-state index in [2.05, 4.69) is 12.2 Å². The lowest BCUT2D eigenvalue weighted by Crippen LogP contribution is -2.40. The number of hydrogen-bond acceptors (Lipinski definition) is 2. The highest BCUT2D eigenvalue weighted by Crippen LogP contribution is 2.49. The summed E-state index contributed by atoms with van der Waals surface area (Å²) in [6.45, 7) is 2.49. The molecule has 1 amide bonds. The van der Waals surface area contributed by atoms with Crippen molar-refractivity contribution in [3.05, 3.63) is 64.7 Å². The number of hydrogen-bond donors (Lipinski definition) is 1. The quantitative estimate of drug-likeness (QED) is 0.717. The third kappa shape index (κ3) is 3.98. The molecule has 4 heteroatoms. The highest BCUT2D eigenvalue weighted by molar-refractivity contribution is 6.31. The summed E-state index contributed by atoms with van der Waals surface area (Å²) < 4.78 is 5.94. The van der Waals surface area contributed by atoms with E-state index in [-0.39, 0.29) is 11.9 Å². The van der Waals surface area contributed by atoms with E-state index in [1.807, 2.05) is 48.5 Å². The zero-order valence-corrected chi connectivity index (χ0v) is 16.4. The van der Waals surface area contributed by atoms with Gasteiger partial charge >= 0.3 is 0 Å². The summed E-state index contributed by atoms with van der Waals surface area (Å²) in [5.74, 6) is 2.82.